The fourth-order valence-corrected chi connectivity index (χ4v) is 4.84. The molecule has 2 heteroatoms. The second-order valence-corrected chi connectivity index (χ2v) is 7.20. The fourth-order valence-electron chi connectivity index (χ4n) is 4.84. The molecule has 1 saturated carbocycles. The van der Waals surface area contributed by atoms with Crippen molar-refractivity contribution in [3.8, 4) is 0 Å². The molecule has 0 heterocycles. The molecule has 2 nitrogen and oxygen atoms in total. The summed E-state index contributed by atoms with van der Waals surface area (Å²) >= 11 is 0. The Labute approximate surface area is 111 Å². The second-order valence-electron chi connectivity index (χ2n) is 7.20. The highest BCUT2D eigenvalue weighted by Gasteiger charge is 2.53. The van der Waals surface area contributed by atoms with E-state index < -0.39 is 0 Å². The van der Waals surface area contributed by atoms with Gasteiger partial charge in [0.15, 0.2) is 0 Å². The molecule has 0 radical (unpaired) electrons. The van der Waals surface area contributed by atoms with Crippen molar-refractivity contribution >= 4 is 0 Å². The quantitative estimate of drug-likeness (QED) is 0.762. The first kappa shape index (κ1) is 14.1. The van der Waals surface area contributed by atoms with E-state index in [4.69, 9.17) is 4.74 Å². The van der Waals surface area contributed by atoms with E-state index in [0.717, 1.165) is 13.0 Å². The lowest BCUT2D eigenvalue weighted by atomic mass is 9.49. The average Bonchev–Trinajstić information content (AvgIpc) is 2.22. The lowest BCUT2D eigenvalue weighted by molar-refractivity contribution is -0.0770. The van der Waals surface area contributed by atoms with Crippen LogP contribution in [-0.4, -0.2) is 24.9 Å². The van der Waals surface area contributed by atoms with Crippen LogP contribution in [0.3, 0.4) is 0 Å². The molecule has 2 aliphatic carbocycles. The van der Waals surface area contributed by atoms with Gasteiger partial charge >= 0.3 is 0 Å². The van der Waals surface area contributed by atoms with Gasteiger partial charge in [-0.3, -0.25) is 0 Å². The zero-order valence-corrected chi connectivity index (χ0v) is 12.5. The molecule has 0 aromatic carbocycles. The normalized spacial score (nSPS) is 39.7. The predicted molar refractivity (Wildman–Crippen MR) is 74.4 cm³/mol. The van der Waals surface area contributed by atoms with Gasteiger partial charge in [-0.05, 0) is 48.5 Å². The number of hydrogen-bond donors (Lipinski definition) is 1. The number of ether oxygens (including phenoxy) is 1. The van der Waals surface area contributed by atoms with Gasteiger partial charge in [0.25, 0.3) is 0 Å². The monoisotopic (exact) mass is 252 g/mol. The molecule has 1 fully saturated rings. The summed E-state index contributed by atoms with van der Waals surface area (Å²) < 4.78 is 5.43. The molecule has 0 amide bonds. The molecule has 2 aliphatic rings. The van der Waals surface area contributed by atoms with Gasteiger partial charge < -0.3 is 9.84 Å². The minimum Gasteiger partial charge on any atom is -0.392 e. The molecule has 0 bridgehead atoms. The molecule has 1 N–H and O–H groups in total. The van der Waals surface area contributed by atoms with Crippen molar-refractivity contribution in [3.63, 3.8) is 0 Å². The first-order valence-electron chi connectivity index (χ1n) is 7.19. The number of rotatable bonds is 2. The number of hydrogen-bond acceptors (Lipinski definition) is 2. The summed E-state index contributed by atoms with van der Waals surface area (Å²) in [5, 5.41) is 10.6. The molecular formula is C16H28O2. The largest absolute Gasteiger partial charge is 0.392 e. The lowest BCUT2D eigenvalue weighted by Crippen LogP contribution is -2.52. The van der Waals surface area contributed by atoms with Crippen molar-refractivity contribution in [2.75, 3.05) is 13.7 Å². The van der Waals surface area contributed by atoms with Gasteiger partial charge in [-0.15, -0.1) is 0 Å². The number of aliphatic hydroxyl groups is 1. The Morgan fingerprint density at radius 1 is 1.28 bits per heavy atom. The van der Waals surface area contributed by atoms with Crippen LogP contribution in [0.15, 0.2) is 11.1 Å². The highest BCUT2D eigenvalue weighted by Crippen LogP contribution is 2.59. The van der Waals surface area contributed by atoms with Gasteiger partial charge in [0.05, 0.1) is 12.7 Å². The van der Waals surface area contributed by atoms with Crippen LogP contribution in [0, 0.1) is 16.7 Å². The topological polar surface area (TPSA) is 29.5 Å². The van der Waals surface area contributed by atoms with Crippen LogP contribution in [0.25, 0.3) is 0 Å². The van der Waals surface area contributed by atoms with Crippen LogP contribution in [-0.2, 0) is 4.74 Å². The zero-order valence-electron chi connectivity index (χ0n) is 12.5. The molecule has 0 unspecified atom stereocenters. The van der Waals surface area contributed by atoms with Crippen molar-refractivity contribution in [3.05, 3.63) is 11.1 Å². The standard InChI is InChI=1S/C16H28O2/c1-11-9-13(17)14-15(2,3)7-6-8-16(14,4)12(11)10-18-5/h13-14,17H,6-10H2,1-5H3/t13-,14-,16+/m0/s1. The molecule has 0 aliphatic heterocycles. The SMILES string of the molecule is COCC1=C(C)C[C@H](O)[C@H]2C(C)(C)CCC[C@]12C. The van der Waals surface area contributed by atoms with Crippen LogP contribution >= 0.6 is 0 Å². The van der Waals surface area contributed by atoms with Crippen molar-refractivity contribution in [2.45, 2.75) is 59.5 Å². The van der Waals surface area contributed by atoms with Gasteiger partial charge in [-0.1, -0.05) is 32.8 Å². The van der Waals surface area contributed by atoms with Crippen LogP contribution in [0.1, 0.15) is 53.4 Å². The Morgan fingerprint density at radius 3 is 2.56 bits per heavy atom. The summed E-state index contributed by atoms with van der Waals surface area (Å²) in [6.45, 7) is 9.88. The summed E-state index contributed by atoms with van der Waals surface area (Å²) in [7, 11) is 1.78. The summed E-state index contributed by atoms with van der Waals surface area (Å²) in [4.78, 5) is 0. The van der Waals surface area contributed by atoms with Gasteiger partial charge in [0, 0.05) is 7.11 Å². The van der Waals surface area contributed by atoms with E-state index in [0.29, 0.717) is 5.92 Å². The maximum atomic E-state index is 10.6. The molecule has 104 valence electrons. The lowest BCUT2D eigenvalue weighted by Gasteiger charge is -2.56. The Bertz CT molecular complexity index is 356. The molecule has 2 rings (SSSR count). The van der Waals surface area contributed by atoms with Crippen LogP contribution in [0.5, 0.6) is 0 Å². The molecule has 0 aromatic rings. The van der Waals surface area contributed by atoms with Crippen molar-refractivity contribution in [1.82, 2.24) is 0 Å². The highest BCUT2D eigenvalue weighted by molar-refractivity contribution is 5.29. The third kappa shape index (κ3) is 2.04. The van der Waals surface area contributed by atoms with E-state index in [2.05, 4.69) is 27.7 Å². The molecule has 0 spiro atoms. The van der Waals surface area contributed by atoms with Crippen molar-refractivity contribution in [2.24, 2.45) is 16.7 Å². The van der Waals surface area contributed by atoms with E-state index in [1.54, 1.807) is 7.11 Å². The second kappa shape index (κ2) is 4.64. The summed E-state index contributed by atoms with van der Waals surface area (Å²) in [5.74, 6) is 0.368. The van der Waals surface area contributed by atoms with E-state index in [-0.39, 0.29) is 16.9 Å². The highest BCUT2D eigenvalue weighted by atomic mass is 16.5. The maximum absolute atomic E-state index is 10.6. The first-order valence-corrected chi connectivity index (χ1v) is 7.19. The van der Waals surface area contributed by atoms with Gasteiger partial charge in [-0.25, -0.2) is 0 Å². The minimum atomic E-state index is -0.189. The maximum Gasteiger partial charge on any atom is 0.0680 e. The molecule has 18 heavy (non-hydrogen) atoms. The Kier molecular flexibility index (Phi) is 3.63. The average molecular weight is 252 g/mol. The van der Waals surface area contributed by atoms with Crippen molar-refractivity contribution < 1.29 is 9.84 Å². The van der Waals surface area contributed by atoms with Crippen molar-refractivity contribution in [1.29, 1.82) is 0 Å². The van der Waals surface area contributed by atoms with E-state index in [1.807, 2.05) is 0 Å². The van der Waals surface area contributed by atoms with E-state index in [9.17, 15) is 5.11 Å². The Morgan fingerprint density at radius 2 is 1.94 bits per heavy atom. The fraction of sp³-hybridized carbons (Fsp3) is 0.875. The van der Waals surface area contributed by atoms with Crippen LogP contribution in [0.2, 0.25) is 0 Å². The minimum absolute atomic E-state index is 0.125. The predicted octanol–water partition coefficient (Wildman–Crippen LogP) is 3.55. The van der Waals surface area contributed by atoms with Gasteiger partial charge in [-0.2, -0.15) is 0 Å². The molecule has 0 aromatic heterocycles. The van der Waals surface area contributed by atoms with E-state index in [1.165, 1.54) is 30.4 Å². The van der Waals surface area contributed by atoms with Gasteiger partial charge in [0.2, 0.25) is 0 Å². The number of methoxy groups -OCH3 is 1. The smallest absolute Gasteiger partial charge is 0.0680 e. The molecular weight excluding hydrogens is 224 g/mol. The van der Waals surface area contributed by atoms with Crippen LogP contribution < -0.4 is 0 Å². The Balaban J connectivity index is 2.46. The first-order chi connectivity index (χ1) is 8.33. The Hall–Kier alpha value is -0.340. The molecule has 0 saturated heterocycles. The summed E-state index contributed by atoms with van der Waals surface area (Å²) in [6, 6.07) is 0. The van der Waals surface area contributed by atoms with Crippen LogP contribution in [0.4, 0.5) is 0 Å². The van der Waals surface area contributed by atoms with Gasteiger partial charge in [0.1, 0.15) is 0 Å². The summed E-state index contributed by atoms with van der Waals surface area (Å²) in [5.41, 5.74) is 3.15. The third-order valence-corrected chi connectivity index (χ3v) is 5.44. The number of aliphatic hydroxyl groups excluding tert-OH is 1. The summed E-state index contributed by atoms with van der Waals surface area (Å²) in [6.07, 6.45) is 4.30. The van der Waals surface area contributed by atoms with E-state index >= 15 is 0 Å². The third-order valence-electron chi connectivity index (χ3n) is 5.44. The molecule has 3 atom stereocenters. The zero-order chi connectivity index (χ0) is 13.6. The number of fused-ring (bicyclic) bond motifs is 1.